The van der Waals surface area contributed by atoms with Gasteiger partial charge in [-0.25, -0.2) is 0 Å². The van der Waals surface area contributed by atoms with Crippen LogP contribution in [0, 0.1) is 16.7 Å². The summed E-state index contributed by atoms with van der Waals surface area (Å²) in [6.45, 7) is 7.13. The van der Waals surface area contributed by atoms with Gasteiger partial charge in [-0.2, -0.15) is 0 Å². The molecule has 2 saturated carbocycles. The van der Waals surface area contributed by atoms with Gasteiger partial charge in [0.25, 0.3) is 0 Å². The minimum Gasteiger partial charge on any atom is -0.327 e. The molecule has 1 spiro atoms. The van der Waals surface area contributed by atoms with E-state index in [1.807, 2.05) is 0 Å². The van der Waals surface area contributed by atoms with Crippen LogP contribution in [0.4, 0.5) is 0 Å². The molecule has 0 saturated heterocycles. The normalized spacial score (nSPS) is 53.5. The highest BCUT2D eigenvalue weighted by Crippen LogP contribution is 2.65. The Hall–Kier alpha value is -0.0400. The average Bonchev–Trinajstić information content (AvgIpc) is 2.33. The molecule has 2 rings (SSSR count). The lowest BCUT2D eigenvalue weighted by atomic mass is 9.89. The van der Waals surface area contributed by atoms with Gasteiger partial charge in [-0.1, -0.05) is 20.8 Å². The van der Waals surface area contributed by atoms with Gasteiger partial charge in [-0.15, -0.1) is 0 Å². The summed E-state index contributed by atoms with van der Waals surface area (Å²) < 4.78 is 0. The molecule has 3 unspecified atom stereocenters. The van der Waals surface area contributed by atoms with Crippen molar-refractivity contribution in [2.24, 2.45) is 22.5 Å². The van der Waals surface area contributed by atoms with E-state index >= 15 is 0 Å². The molecule has 0 bridgehead atoms. The van der Waals surface area contributed by atoms with Gasteiger partial charge in [0.05, 0.1) is 0 Å². The molecule has 3 atom stereocenters. The van der Waals surface area contributed by atoms with Crippen LogP contribution in [0.2, 0.25) is 0 Å². The molecule has 1 heteroatoms. The van der Waals surface area contributed by atoms with E-state index in [0.29, 0.717) is 16.9 Å². The number of nitrogens with two attached hydrogens (primary N) is 1. The molecule has 2 aliphatic carbocycles. The maximum absolute atomic E-state index is 5.97. The first-order chi connectivity index (χ1) is 4.96. The van der Waals surface area contributed by atoms with E-state index < -0.39 is 0 Å². The summed E-state index contributed by atoms with van der Waals surface area (Å²) in [5, 5.41) is 0. The molecule has 0 heterocycles. The van der Waals surface area contributed by atoms with Crippen molar-refractivity contribution in [1.82, 2.24) is 0 Å². The van der Waals surface area contributed by atoms with Gasteiger partial charge in [-0.05, 0) is 36.0 Å². The summed E-state index contributed by atoms with van der Waals surface area (Å²) in [5.41, 5.74) is 7.11. The van der Waals surface area contributed by atoms with E-state index in [0.717, 1.165) is 5.92 Å². The van der Waals surface area contributed by atoms with Crippen LogP contribution < -0.4 is 5.73 Å². The van der Waals surface area contributed by atoms with Crippen molar-refractivity contribution in [1.29, 1.82) is 0 Å². The first-order valence-corrected chi connectivity index (χ1v) is 4.72. The molecule has 2 fully saturated rings. The van der Waals surface area contributed by atoms with Gasteiger partial charge in [-0.3, -0.25) is 0 Å². The van der Waals surface area contributed by atoms with Crippen LogP contribution in [0.15, 0.2) is 0 Å². The van der Waals surface area contributed by atoms with Crippen LogP contribution in [0.3, 0.4) is 0 Å². The Kier molecular flexibility index (Phi) is 1.26. The predicted octanol–water partition coefficient (Wildman–Crippen LogP) is 2.16. The maximum atomic E-state index is 5.97. The van der Waals surface area contributed by atoms with Crippen molar-refractivity contribution in [3.8, 4) is 0 Å². The Morgan fingerprint density at radius 3 is 2.00 bits per heavy atom. The van der Waals surface area contributed by atoms with Gasteiger partial charge >= 0.3 is 0 Å². The molecule has 1 nitrogen and oxygen atoms in total. The summed E-state index contributed by atoms with van der Waals surface area (Å²) in [4.78, 5) is 0. The molecular weight excluding hydrogens is 134 g/mol. The highest BCUT2D eigenvalue weighted by molar-refractivity contribution is 5.14. The van der Waals surface area contributed by atoms with Crippen LogP contribution in [-0.4, -0.2) is 6.04 Å². The third kappa shape index (κ3) is 0.936. The number of rotatable bonds is 0. The topological polar surface area (TPSA) is 26.0 Å². The smallest absolute Gasteiger partial charge is 0.0105 e. The van der Waals surface area contributed by atoms with Gasteiger partial charge in [0.1, 0.15) is 0 Å². The van der Waals surface area contributed by atoms with Crippen LogP contribution in [0.25, 0.3) is 0 Å². The van der Waals surface area contributed by atoms with E-state index in [9.17, 15) is 0 Å². The van der Waals surface area contributed by atoms with Crippen molar-refractivity contribution in [3.63, 3.8) is 0 Å². The molecule has 11 heavy (non-hydrogen) atoms. The Morgan fingerprint density at radius 2 is 1.82 bits per heavy atom. The predicted molar refractivity (Wildman–Crippen MR) is 47.2 cm³/mol. The maximum Gasteiger partial charge on any atom is 0.0105 e. The highest BCUT2D eigenvalue weighted by atomic mass is 14.8. The minimum atomic E-state index is 0.527. The van der Waals surface area contributed by atoms with Crippen LogP contribution >= 0.6 is 0 Å². The Labute approximate surface area is 69.4 Å². The SMILES string of the molecule is CC1CC(C)(C)CC12CC2N. The Morgan fingerprint density at radius 1 is 1.27 bits per heavy atom. The third-order valence-corrected chi connectivity index (χ3v) is 3.83. The lowest BCUT2D eigenvalue weighted by Crippen LogP contribution is -2.16. The van der Waals surface area contributed by atoms with Crippen molar-refractivity contribution in [2.75, 3.05) is 0 Å². The second-order valence-corrected chi connectivity index (χ2v) is 5.49. The quantitative estimate of drug-likeness (QED) is 0.567. The molecule has 0 radical (unpaired) electrons. The molecule has 2 N–H and O–H groups in total. The second-order valence-electron chi connectivity index (χ2n) is 5.49. The zero-order valence-electron chi connectivity index (χ0n) is 7.85. The molecule has 64 valence electrons. The zero-order valence-corrected chi connectivity index (χ0v) is 7.85. The lowest BCUT2D eigenvalue weighted by Gasteiger charge is -2.16. The van der Waals surface area contributed by atoms with Crippen molar-refractivity contribution >= 4 is 0 Å². The van der Waals surface area contributed by atoms with Crippen molar-refractivity contribution in [2.45, 2.75) is 46.1 Å². The van der Waals surface area contributed by atoms with Crippen LogP contribution in [0.5, 0.6) is 0 Å². The van der Waals surface area contributed by atoms with E-state index in [4.69, 9.17) is 5.73 Å². The summed E-state index contributed by atoms with van der Waals surface area (Å²) in [7, 11) is 0. The molecular formula is C10H19N. The van der Waals surface area contributed by atoms with E-state index in [1.165, 1.54) is 19.3 Å². The highest BCUT2D eigenvalue weighted by Gasteiger charge is 2.61. The second kappa shape index (κ2) is 1.82. The van der Waals surface area contributed by atoms with Gasteiger partial charge < -0.3 is 5.73 Å². The zero-order chi connectivity index (χ0) is 8.28. The van der Waals surface area contributed by atoms with Gasteiger partial charge in [0.15, 0.2) is 0 Å². The molecule has 0 amide bonds. The van der Waals surface area contributed by atoms with Crippen LogP contribution in [-0.2, 0) is 0 Å². The molecule has 0 aromatic heterocycles. The summed E-state index contributed by atoms with van der Waals surface area (Å²) >= 11 is 0. The fourth-order valence-electron chi connectivity index (χ4n) is 3.29. The standard InChI is InChI=1S/C10H19N/c1-7-4-9(2,3)6-10(7)5-8(10)11/h7-8H,4-6,11H2,1-3H3. The number of hydrogen-bond donors (Lipinski definition) is 1. The van der Waals surface area contributed by atoms with Crippen LogP contribution in [0.1, 0.15) is 40.0 Å². The fraction of sp³-hybridized carbons (Fsp3) is 1.00. The Bertz CT molecular complexity index is 185. The van der Waals surface area contributed by atoms with Crippen molar-refractivity contribution < 1.29 is 0 Å². The monoisotopic (exact) mass is 153 g/mol. The minimum absolute atomic E-state index is 0.527. The molecule has 2 aliphatic rings. The fourth-order valence-corrected chi connectivity index (χ4v) is 3.29. The molecule has 0 aliphatic heterocycles. The van der Waals surface area contributed by atoms with E-state index in [-0.39, 0.29) is 0 Å². The van der Waals surface area contributed by atoms with E-state index in [2.05, 4.69) is 20.8 Å². The van der Waals surface area contributed by atoms with Gasteiger partial charge in [0, 0.05) is 6.04 Å². The summed E-state index contributed by atoms with van der Waals surface area (Å²) in [6, 6.07) is 0.527. The van der Waals surface area contributed by atoms with E-state index in [1.54, 1.807) is 0 Å². The van der Waals surface area contributed by atoms with Gasteiger partial charge in [0.2, 0.25) is 0 Å². The van der Waals surface area contributed by atoms with Crippen molar-refractivity contribution in [3.05, 3.63) is 0 Å². The third-order valence-electron chi connectivity index (χ3n) is 3.83. The largest absolute Gasteiger partial charge is 0.327 e. The molecule has 0 aromatic rings. The molecule has 0 aromatic carbocycles. The lowest BCUT2D eigenvalue weighted by molar-refractivity contribution is 0.348. The average molecular weight is 153 g/mol. The first-order valence-electron chi connectivity index (χ1n) is 4.72. The summed E-state index contributed by atoms with van der Waals surface area (Å²) in [5.74, 6) is 0.868. The number of hydrogen-bond acceptors (Lipinski definition) is 1. The Balaban J connectivity index is 2.16. The first kappa shape index (κ1) is 7.60. The summed E-state index contributed by atoms with van der Waals surface area (Å²) in [6.07, 6.45) is 4.03.